The Kier molecular flexibility index (Phi) is 4.21. The van der Waals surface area contributed by atoms with Gasteiger partial charge in [0.2, 0.25) is 0 Å². The Hall–Kier alpha value is -0.830. The second-order valence-corrected chi connectivity index (χ2v) is 5.28. The van der Waals surface area contributed by atoms with Crippen LogP contribution in [-0.4, -0.2) is 18.6 Å². The van der Waals surface area contributed by atoms with Gasteiger partial charge in [-0.15, -0.1) is 0 Å². The number of anilines is 1. The number of nitrogens with zero attached hydrogens (tertiary/aromatic N) is 2. The number of hydrogen-bond acceptors (Lipinski definition) is 2. The molecule has 0 aromatic carbocycles. The first kappa shape index (κ1) is 12.6. The van der Waals surface area contributed by atoms with Gasteiger partial charge in [-0.3, -0.25) is 0 Å². The van der Waals surface area contributed by atoms with Crippen molar-refractivity contribution >= 4 is 17.4 Å². The second kappa shape index (κ2) is 5.67. The first-order valence-corrected chi connectivity index (χ1v) is 6.57. The lowest BCUT2D eigenvalue weighted by atomic mass is 9.89. The van der Waals surface area contributed by atoms with E-state index < -0.39 is 0 Å². The molecule has 0 spiro atoms. The molecule has 1 aromatic rings. The Labute approximate surface area is 107 Å². The zero-order valence-electron chi connectivity index (χ0n) is 10.1. The van der Waals surface area contributed by atoms with Crippen LogP contribution < -0.4 is 4.90 Å². The smallest absolute Gasteiger partial charge is 0.167 e. The van der Waals surface area contributed by atoms with Crippen molar-refractivity contribution in [1.29, 1.82) is 0 Å². The van der Waals surface area contributed by atoms with Gasteiger partial charge in [-0.05, 0) is 24.8 Å². The molecule has 17 heavy (non-hydrogen) atoms. The molecule has 1 aromatic heterocycles. The van der Waals surface area contributed by atoms with Crippen LogP contribution in [0.1, 0.15) is 32.1 Å². The van der Waals surface area contributed by atoms with Gasteiger partial charge >= 0.3 is 0 Å². The maximum absolute atomic E-state index is 13.7. The first-order chi connectivity index (χ1) is 8.16. The van der Waals surface area contributed by atoms with Crippen molar-refractivity contribution in [1.82, 2.24) is 4.98 Å². The predicted octanol–water partition coefficient (Wildman–Crippen LogP) is 3.89. The number of rotatable bonds is 3. The van der Waals surface area contributed by atoms with Crippen LogP contribution in [0.15, 0.2) is 12.3 Å². The molecule has 0 aliphatic heterocycles. The lowest BCUT2D eigenvalue weighted by Crippen LogP contribution is -2.28. The summed E-state index contributed by atoms with van der Waals surface area (Å²) in [5.41, 5.74) is 0. The third-order valence-corrected chi connectivity index (χ3v) is 3.61. The van der Waals surface area contributed by atoms with Gasteiger partial charge in [0, 0.05) is 19.8 Å². The van der Waals surface area contributed by atoms with E-state index in [9.17, 15) is 4.39 Å². The normalized spacial score (nSPS) is 17.1. The molecule has 1 aliphatic carbocycles. The van der Waals surface area contributed by atoms with Gasteiger partial charge < -0.3 is 4.90 Å². The fourth-order valence-corrected chi connectivity index (χ4v) is 2.68. The summed E-state index contributed by atoms with van der Waals surface area (Å²) in [7, 11) is 1.90. The van der Waals surface area contributed by atoms with E-state index in [1.165, 1.54) is 44.4 Å². The highest BCUT2D eigenvalue weighted by Gasteiger charge is 2.18. The van der Waals surface area contributed by atoms with Gasteiger partial charge in [-0.25, -0.2) is 9.37 Å². The van der Waals surface area contributed by atoms with Crippen LogP contribution >= 0.6 is 11.6 Å². The largest absolute Gasteiger partial charge is 0.357 e. The highest BCUT2D eigenvalue weighted by Crippen LogP contribution is 2.26. The standard InChI is InChI=1S/C13H18ClFN2/c1-17(9-10-5-3-2-4-6-10)13-12(15)7-11(14)8-16-13/h7-8,10H,2-6,9H2,1H3. The molecule has 0 atom stereocenters. The molecule has 0 radical (unpaired) electrons. The van der Waals surface area contributed by atoms with E-state index in [-0.39, 0.29) is 5.82 Å². The topological polar surface area (TPSA) is 16.1 Å². The lowest BCUT2D eigenvalue weighted by molar-refractivity contribution is 0.361. The van der Waals surface area contributed by atoms with Gasteiger partial charge in [-0.2, -0.15) is 0 Å². The average molecular weight is 257 g/mol. The molecule has 0 unspecified atom stereocenters. The average Bonchev–Trinajstić information content (AvgIpc) is 2.30. The maximum atomic E-state index is 13.7. The molecule has 2 rings (SSSR count). The van der Waals surface area contributed by atoms with Crippen LogP contribution in [0.4, 0.5) is 10.2 Å². The van der Waals surface area contributed by atoms with E-state index in [4.69, 9.17) is 11.6 Å². The summed E-state index contributed by atoms with van der Waals surface area (Å²) in [6, 6.07) is 1.32. The van der Waals surface area contributed by atoms with Crippen molar-refractivity contribution in [3.8, 4) is 0 Å². The second-order valence-electron chi connectivity index (χ2n) is 4.84. The quantitative estimate of drug-likeness (QED) is 0.816. The van der Waals surface area contributed by atoms with Crippen molar-refractivity contribution in [3.63, 3.8) is 0 Å². The molecule has 1 heterocycles. The highest BCUT2D eigenvalue weighted by atomic mass is 35.5. The van der Waals surface area contributed by atoms with Gasteiger partial charge in [0.05, 0.1) is 5.02 Å². The van der Waals surface area contributed by atoms with E-state index in [2.05, 4.69) is 4.98 Å². The lowest BCUT2D eigenvalue weighted by Gasteiger charge is -2.27. The van der Waals surface area contributed by atoms with Crippen molar-refractivity contribution in [2.45, 2.75) is 32.1 Å². The summed E-state index contributed by atoms with van der Waals surface area (Å²) in [6.07, 6.45) is 7.94. The van der Waals surface area contributed by atoms with Crippen LogP contribution in [0.25, 0.3) is 0 Å². The van der Waals surface area contributed by atoms with Crippen molar-refractivity contribution < 1.29 is 4.39 Å². The minimum atomic E-state index is -0.337. The number of pyridine rings is 1. The molecule has 94 valence electrons. The minimum Gasteiger partial charge on any atom is -0.357 e. The zero-order valence-corrected chi connectivity index (χ0v) is 10.9. The van der Waals surface area contributed by atoms with Crippen LogP contribution in [0, 0.1) is 11.7 Å². The van der Waals surface area contributed by atoms with E-state index in [1.807, 2.05) is 11.9 Å². The summed E-state index contributed by atoms with van der Waals surface area (Å²) in [6.45, 7) is 0.881. The SMILES string of the molecule is CN(CC1CCCCC1)c1ncc(Cl)cc1F. The van der Waals surface area contributed by atoms with Crippen molar-refractivity contribution in [3.05, 3.63) is 23.1 Å². The van der Waals surface area contributed by atoms with E-state index in [1.54, 1.807) is 0 Å². The molecule has 1 aliphatic rings. The molecule has 0 amide bonds. The number of aromatic nitrogens is 1. The van der Waals surface area contributed by atoms with Crippen LogP contribution in [-0.2, 0) is 0 Å². The molecule has 1 saturated carbocycles. The minimum absolute atomic E-state index is 0.337. The van der Waals surface area contributed by atoms with Crippen molar-refractivity contribution in [2.24, 2.45) is 5.92 Å². The zero-order chi connectivity index (χ0) is 12.3. The van der Waals surface area contributed by atoms with E-state index >= 15 is 0 Å². The van der Waals surface area contributed by atoms with Gasteiger partial charge in [0.1, 0.15) is 0 Å². The Morgan fingerprint density at radius 3 is 2.76 bits per heavy atom. The van der Waals surface area contributed by atoms with E-state index in [0.29, 0.717) is 16.8 Å². The molecule has 0 N–H and O–H groups in total. The molecule has 2 nitrogen and oxygen atoms in total. The Bertz CT molecular complexity index is 378. The Balaban J connectivity index is 2.00. The molecule has 4 heteroatoms. The molecular weight excluding hydrogens is 239 g/mol. The fraction of sp³-hybridized carbons (Fsp3) is 0.615. The van der Waals surface area contributed by atoms with Gasteiger partial charge in [0.25, 0.3) is 0 Å². The fourth-order valence-electron chi connectivity index (χ4n) is 2.53. The molecule has 0 bridgehead atoms. The van der Waals surface area contributed by atoms with Crippen LogP contribution in [0.2, 0.25) is 5.02 Å². The Morgan fingerprint density at radius 2 is 2.12 bits per heavy atom. The van der Waals surface area contributed by atoms with Gasteiger partial charge in [0.15, 0.2) is 11.6 Å². The highest BCUT2D eigenvalue weighted by molar-refractivity contribution is 6.30. The monoisotopic (exact) mass is 256 g/mol. The van der Waals surface area contributed by atoms with Crippen LogP contribution in [0.5, 0.6) is 0 Å². The Morgan fingerprint density at radius 1 is 1.41 bits per heavy atom. The molecule has 0 saturated heterocycles. The van der Waals surface area contributed by atoms with Crippen LogP contribution in [0.3, 0.4) is 0 Å². The number of halogens is 2. The summed E-state index contributed by atoms with van der Waals surface area (Å²) < 4.78 is 13.7. The summed E-state index contributed by atoms with van der Waals surface area (Å²) >= 11 is 5.69. The molecular formula is C13H18ClFN2. The third-order valence-electron chi connectivity index (χ3n) is 3.41. The van der Waals surface area contributed by atoms with Crippen molar-refractivity contribution in [2.75, 3.05) is 18.5 Å². The maximum Gasteiger partial charge on any atom is 0.167 e. The number of hydrogen-bond donors (Lipinski definition) is 0. The predicted molar refractivity (Wildman–Crippen MR) is 69.1 cm³/mol. The summed E-state index contributed by atoms with van der Waals surface area (Å²) in [5, 5.41) is 0.345. The van der Waals surface area contributed by atoms with Gasteiger partial charge in [-0.1, -0.05) is 30.9 Å². The van der Waals surface area contributed by atoms with E-state index in [0.717, 1.165) is 6.54 Å². The summed E-state index contributed by atoms with van der Waals surface area (Å²) in [4.78, 5) is 5.97. The third kappa shape index (κ3) is 3.32. The molecule has 1 fully saturated rings. The first-order valence-electron chi connectivity index (χ1n) is 6.19. The summed E-state index contributed by atoms with van der Waals surface area (Å²) in [5.74, 6) is 0.737.